The maximum Gasteiger partial charge on any atom is 0.0936 e. The molecule has 1 saturated carbocycles. The van der Waals surface area contributed by atoms with Crippen molar-refractivity contribution in [1.82, 2.24) is 0 Å². The summed E-state index contributed by atoms with van der Waals surface area (Å²) in [6.07, 6.45) is 2.30. The first-order chi connectivity index (χ1) is 3.80. The molecule has 0 bridgehead atoms. The van der Waals surface area contributed by atoms with E-state index in [1.54, 1.807) is 0 Å². The predicted octanol–water partition coefficient (Wildman–Crippen LogP) is 1.36. The molecule has 0 heterocycles. The van der Waals surface area contributed by atoms with E-state index in [0.29, 0.717) is 11.8 Å². The molecule has 0 amide bonds. The van der Waals surface area contributed by atoms with Crippen LogP contribution in [0, 0.1) is 11.3 Å². The van der Waals surface area contributed by atoms with Gasteiger partial charge >= 0.3 is 0 Å². The van der Waals surface area contributed by atoms with Gasteiger partial charge in [-0.05, 0) is 12.8 Å². The van der Waals surface area contributed by atoms with Crippen molar-refractivity contribution in [2.45, 2.75) is 26.7 Å². The molecule has 0 saturated heterocycles. The van der Waals surface area contributed by atoms with E-state index in [1.165, 1.54) is 0 Å². The maximum absolute atomic E-state index is 6.79. The van der Waals surface area contributed by atoms with Crippen molar-refractivity contribution in [1.29, 1.82) is 5.41 Å². The van der Waals surface area contributed by atoms with E-state index in [9.17, 15) is 0 Å². The van der Waals surface area contributed by atoms with Crippen LogP contribution in [0.15, 0.2) is 0 Å². The minimum atomic E-state index is 0.370. The fourth-order valence-corrected chi connectivity index (χ4v) is 0.394. The highest BCUT2D eigenvalue weighted by molar-refractivity contribution is 5.81. The van der Waals surface area contributed by atoms with Gasteiger partial charge in [0.05, 0.1) is 5.84 Å². The molecular formula is C6H14N2. The van der Waals surface area contributed by atoms with Crippen LogP contribution in [0.5, 0.6) is 0 Å². The van der Waals surface area contributed by atoms with Crippen LogP contribution >= 0.6 is 0 Å². The molecule has 0 spiro atoms. The van der Waals surface area contributed by atoms with Crippen LogP contribution in [0.3, 0.4) is 0 Å². The van der Waals surface area contributed by atoms with Gasteiger partial charge in [-0.25, -0.2) is 0 Å². The van der Waals surface area contributed by atoms with Crippen LogP contribution in [0.1, 0.15) is 26.7 Å². The first-order valence-corrected chi connectivity index (χ1v) is 3.14. The van der Waals surface area contributed by atoms with Gasteiger partial charge in [-0.2, -0.15) is 0 Å². The summed E-state index contributed by atoms with van der Waals surface area (Å²) in [5.41, 5.74) is 5.08. The predicted molar refractivity (Wildman–Crippen MR) is 36.0 cm³/mol. The smallest absolute Gasteiger partial charge is 0.0936 e. The second-order valence-corrected chi connectivity index (χ2v) is 1.73. The highest BCUT2D eigenvalue weighted by Crippen LogP contribution is 2.27. The molecule has 8 heavy (non-hydrogen) atoms. The molecule has 0 aromatic heterocycles. The number of amidine groups is 1. The first-order valence-electron chi connectivity index (χ1n) is 3.14. The lowest BCUT2D eigenvalue weighted by molar-refractivity contribution is 1.13. The molecular weight excluding hydrogens is 100 g/mol. The fraction of sp³-hybridized carbons (Fsp3) is 0.833. The van der Waals surface area contributed by atoms with Gasteiger partial charge in [0.25, 0.3) is 0 Å². The second-order valence-electron chi connectivity index (χ2n) is 1.73. The Balaban J connectivity index is 0.000000222. The molecule has 1 aliphatic rings. The van der Waals surface area contributed by atoms with Gasteiger partial charge in [-0.1, -0.05) is 13.8 Å². The molecule has 0 radical (unpaired) electrons. The number of rotatable bonds is 1. The van der Waals surface area contributed by atoms with E-state index in [0.717, 1.165) is 12.8 Å². The molecule has 0 unspecified atom stereocenters. The summed E-state index contributed by atoms with van der Waals surface area (Å²) in [5, 5.41) is 6.79. The van der Waals surface area contributed by atoms with E-state index in [2.05, 4.69) is 0 Å². The average molecular weight is 114 g/mol. The Labute approximate surface area is 50.6 Å². The average Bonchev–Trinajstić information content (AvgIpc) is 2.50. The van der Waals surface area contributed by atoms with Crippen LogP contribution in [-0.2, 0) is 0 Å². The molecule has 0 atom stereocenters. The van der Waals surface area contributed by atoms with E-state index >= 15 is 0 Å². The molecule has 0 aromatic rings. The van der Waals surface area contributed by atoms with E-state index < -0.39 is 0 Å². The lowest BCUT2D eigenvalue weighted by Gasteiger charge is -1.82. The Morgan fingerprint density at radius 2 is 1.88 bits per heavy atom. The van der Waals surface area contributed by atoms with Crippen molar-refractivity contribution in [2.24, 2.45) is 11.7 Å². The third-order valence-corrected chi connectivity index (χ3v) is 1.02. The Kier molecular flexibility index (Phi) is 3.24. The van der Waals surface area contributed by atoms with Gasteiger partial charge < -0.3 is 5.73 Å². The summed E-state index contributed by atoms with van der Waals surface area (Å²) in [7, 11) is 0. The van der Waals surface area contributed by atoms with Gasteiger partial charge in [0.15, 0.2) is 0 Å². The Morgan fingerprint density at radius 3 is 1.88 bits per heavy atom. The number of hydrogen-bond acceptors (Lipinski definition) is 1. The van der Waals surface area contributed by atoms with Crippen molar-refractivity contribution in [3.8, 4) is 0 Å². The van der Waals surface area contributed by atoms with E-state index in [4.69, 9.17) is 11.1 Å². The number of nitrogens with two attached hydrogens (primary N) is 1. The van der Waals surface area contributed by atoms with Crippen LogP contribution < -0.4 is 5.73 Å². The highest BCUT2D eigenvalue weighted by atomic mass is 14.7. The molecule has 1 aliphatic carbocycles. The van der Waals surface area contributed by atoms with Gasteiger partial charge in [0.1, 0.15) is 0 Å². The van der Waals surface area contributed by atoms with Gasteiger partial charge in [-0.3, -0.25) is 5.41 Å². The summed E-state index contributed by atoms with van der Waals surface area (Å²) >= 11 is 0. The number of hydrogen-bond donors (Lipinski definition) is 2. The summed E-state index contributed by atoms with van der Waals surface area (Å²) < 4.78 is 0. The molecule has 1 rings (SSSR count). The van der Waals surface area contributed by atoms with Crippen molar-refractivity contribution >= 4 is 5.84 Å². The van der Waals surface area contributed by atoms with Crippen molar-refractivity contribution < 1.29 is 0 Å². The van der Waals surface area contributed by atoms with Gasteiger partial charge in [0, 0.05) is 5.92 Å². The third-order valence-electron chi connectivity index (χ3n) is 1.02. The Bertz CT molecular complexity index is 74.6. The normalized spacial score (nSPS) is 16.2. The van der Waals surface area contributed by atoms with Crippen LogP contribution in [-0.4, -0.2) is 5.84 Å². The molecule has 48 valence electrons. The quantitative estimate of drug-likeness (QED) is 0.392. The molecule has 2 heteroatoms. The van der Waals surface area contributed by atoms with Crippen molar-refractivity contribution in [3.05, 3.63) is 0 Å². The zero-order valence-electron chi connectivity index (χ0n) is 5.57. The maximum atomic E-state index is 6.79. The molecule has 3 N–H and O–H groups in total. The molecule has 0 aliphatic heterocycles. The number of nitrogens with one attached hydrogen (secondary N) is 1. The zero-order chi connectivity index (χ0) is 6.57. The second kappa shape index (κ2) is 3.47. The minimum Gasteiger partial charge on any atom is -0.387 e. The third kappa shape index (κ3) is 2.61. The molecule has 1 fully saturated rings. The van der Waals surface area contributed by atoms with E-state index in [1.807, 2.05) is 13.8 Å². The highest BCUT2D eigenvalue weighted by Gasteiger charge is 2.23. The van der Waals surface area contributed by atoms with Gasteiger partial charge in [-0.15, -0.1) is 0 Å². The largest absolute Gasteiger partial charge is 0.387 e. The topological polar surface area (TPSA) is 49.9 Å². The van der Waals surface area contributed by atoms with Gasteiger partial charge in [0.2, 0.25) is 0 Å². The van der Waals surface area contributed by atoms with Crippen molar-refractivity contribution in [3.63, 3.8) is 0 Å². The lowest BCUT2D eigenvalue weighted by Crippen LogP contribution is -2.10. The van der Waals surface area contributed by atoms with Crippen molar-refractivity contribution in [2.75, 3.05) is 0 Å². The summed E-state index contributed by atoms with van der Waals surface area (Å²) in [5.74, 6) is 0.833. The minimum absolute atomic E-state index is 0.370. The molecule has 0 aromatic carbocycles. The lowest BCUT2D eigenvalue weighted by atomic mass is 10.4. The van der Waals surface area contributed by atoms with Crippen LogP contribution in [0.4, 0.5) is 0 Å². The standard InChI is InChI=1S/C4H8N2.C2H6/c5-4(6)3-1-2-3;1-2/h3H,1-2H2,(H3,5,6);1-2H3. The van der Waals surface area contributed by atoms with Crippen LogP contribution in [0.25, 0.3) is 0 Å². The first kappa shape index (κ1) is 7.47. The Morgan fingerprint density at radius 1 is 1.50 bits per heavy atom. The molecule has 2 nitrogen and oxygen atoms in total. The van der Waals surface area contributed by atoms with E-state index in [-0.39, 0.29) is 0 Å². The zero-order valence-corrected chi connectivity index (χ0v) is 5.57. The fourth-order valence-electron chi connectivity index (χ4n) is 0.394. The summed E-state index contributed by atoms with van der Waals surface area (Å²) in [4.78, 5) is 0. The summed E-state index contributed by atoms with van der Waals surface area (Å²) in [6.45, 7) is 4.00. The van der Waals surface area contributed by atoms with Crippen LogP contribution in [0.2, 0.25) is 0 Å². The SMILES string of the molecule is CC.N=C(N)C1CC1. The summed E-state index contributed by atoms with van der Waals surface area (Å²) in [6, 6.07) is 0. The monoisotopic (exact) mass is 114 g/mol. The Hall–Kier alpha value is -0.530.